The molecule has 1 aromatic carbocycles. The normalized spacial score (nSPS) is 32.1. The molecule has 2 aliphatic heterocycles. The van der Waals surface area contributed by atoms with Crippen molar-refractivity contribution in [3.05, 3.63) is 33.8 Å². The minimum Gasteiger partial charge on any atom is -0.469 e. The Morgan fingerprint density at radius 2 is 2.10 bits per heavy atom. The van der Waals surface area contributed by atoms with Gasteiger partial charge in [0.1, 0.15) is 0 Å². The fourth-order valence-corrected chi connectivity index (χ4v) is 3.91. The Bertz CT molecular complexity index is 535. The van der Waals surface area contributed by atoms with E-state index in [1.54, 1.807) is 6.07 Å². The molecule has 3 nitrogen and oxygen atoms in total. The van der Waals surface area contributed by atoms with Crippen LogP contribution in [-0.2, 0) is 9.53 Å². The first-order valence-electron chi connectivity index (χ1n) is 6.89. The molecule has 0 amide bonds. The topological polar surface area (TPSA) is 38.3 Å². The Balaban J connectivity index is 1.96. The molecule has 0 saturated carbocycles. The molecule has 1 aromatic rings. The molecule has 2 bridgehead atoms. The first kappa shape index (κ1) is 14.2. The van der Waals surface area contributed by atoms with Crippen molar-refractivity contribution in [3.63, 3.8) is 0 Å². The SMILES string of the molecule is COC(=O)[C@@H]1C2CCC(C[C@@H]1c1ccc(Cl)c(Cl)c1)N2. The summed E-state index contributed by atoms with van der Waals surface area (Å²) in [5, 5.41) is 4.61. The minimum absolute atomic E-state index is 0.140. The molecule has 2 unspecified atom stereocenters. The molecule has 0 aromatic heterocycles. The maximum absolute atomic E-state index is 12.2. The highest BCUT2D eigenvalue weighted by Crippen LogP contribution is 2.43. The van der Waals surface area contributed by atoms with Crippen LogP contribution in [-0.4, -0.2) is 25.2 Å². The average Bonchev–Trinajstić information content (AvgIpc) is 2.82. The summed E-state index contributed by atoms with van der Waals surface area (Å²) in [6, 6.07) is 6.35. The zero-order valence-corrected chi connectivity index (χ0v) is 12.7. The first-order chi connectivity index (χ1) is 9.60. The third kappa shape index (κ3) is 2.43. The van der Waals surface area contributed by atoms with Crippen LogP contribution in [0.15, 0.2) is 18.2 Å². The van der Waals surface area contributed by atoms with Gasteiger partial charge in [-0.05, 0) is 37.0 Å². The van der Waals surface area contributed by atoms with E-state index in [0.29, 0.717) is 16.1 Å². The van der Waals surface area contributed by atoms with Crippen molar-refractivity contribution >= 4 is 29.2 Å². The van der Waals surface area contributed by atoms with E-state index in [-0.39, 0.29) is 23.8 Å². The van der Waals surface area contributed by atoms with Crippen LogP contribution in [0, 0.1) is 5.92 Å². The van der Waals surface area contributed by atoms with E-state index in [1.807, 2.05) is 12.1 Å². The number of fused-ring (bicyclic) bond motifs is 2. The van der Waals surface area contributed by atoms with Gasteiger partial charge in [0.15, 0.2) is 0 Å². The lowest BCUT2D eigenvalue weighted by molar-refractivity contribution is -0.148. The van der Waals surface area contributed by atoms with Gasteiger partial charge in [-0.3, -0.25) is 4.79 Å². The maximum Gasteiger partial charge on any atom is 0.310 e. The summed E-state index contributed by atoms with van der Waals surface area (Å²) in [4.78, 5) is 12.2. The molecule has 2 fully saturated rings. The van der Waals surface area contributed by atoms with Crippen LogP contribution in [0.25, 0.3) is 0 Å². The molecule has 5 heteroatoms. The third-order valence-corrected chi connectivity index (χ3v) is 5.27. The predicted octanol–water partition coefficient (Wildman–Crippen LogP) is 3.39. The maximum atomic E-state index is 12.2. The fourth-order valence-electron chi connectivity index (χ4n) is 3.60. The molecular formula is C15H17Cl2NO2. The van der Waals surface area contributed by atoms with Crippen LogP contribution in [0.2, 0.25) is 10.0 Å². The van der Waals surface area contributed by atoms with E-state index in [0.717, 1.165) is 24.8 Å². The summed E-state index contributed by atoms with van der Waals surface area (Å²) in [5.74, 6) is -0.133. The number of halogens is 2. The minimum atomic E-state index is -0.143. The molecule has 2 heterocycles. The Labute approximate surface area is 128 Å². The van der Waals surface area contributed by atoms with Gasteiger partial charge < -0.3 is 10.1 Å². The Hall–Kier alpha value is -0.770. The number of hydrogen-bond donors (Lipinski definition) is 1. The second kappa shape index (κ2) is 5.55. The van der Waals surface area contributed by atoms with Gasteiger partial charge in [-0.2, -0.15) is 0 Å². The number of carbonyl (C=O) groups is 1. The van der Waals surface area contributed by atoms with Crippen molar-refractivity contribution in [1.29, 1.82) is 0 Å². The largest absolute Gasteiger partial charge is 0.469 e. The highest BCUT2D eigenvalue weighted by molar-refractivity contribution is 6.42. The van der Waals surface area contributed by atoms with Gasteiger partial charge in [0, 0.05) is 18.0 Å². The van der Waals surface area contributed by atoms with Crippen LogP contribution < -0.4 is 5.32 Å². The summed E-state index contributed by atoms with van der Waals surface area (Å²) >= 11 is 12.1. The molecule has 3 rings (SSSR count). The summed E-state index contributed by atoms with van der Waals surface area (Å²) < 4.78 is 5.01. The van der Waals surface area contributed by atoms with E-state index < -0.39 is 0 Å². The van der Waals surface area contributed by atoms with E-state index in [9.17, 15) is 4.79 Å². The van der Waals surface area contributed by atoms with Gasteiger partial charge in [-0.25, -0.2) is 0 Å². The second-order valence-electron chi connectivity index (χ2n) is 5.61. The molecular weight excluding hydrogens is 297 g/mol. The van der Waals surface area contributed by atoms with Gasteiger partial charge in [-0.15, -0.1) is 0 Å². The van der Waals surface area contributed by atoms with Crippen LogP contribution in [0.4, 0.5) is 0 Å². The number of carbonyl (C=O) groups excluding carboxylic acids is 1. The van der Waals surface area contributed by atoms with Crippen molar-refractivity contribution in [3.8, 4) is 0 Å². The quantitative estimate of drug-likeness (QED) is 0.851. The molecule has 0 radical (unpaired) electrons. The van der Waals surface area contributed by atoms with Crippen molar-refractivity contribution in [1.82, 2.24) is 5.32 Å². The summed E-state index contributed by atoms with van der Waals surface area (Å²) in [6.45, 7) is 0. The molecule has 4 atom stereocenters. The van der Waals surface area contributed by atoms with Gasteiger partial charge in [0.25, 0.3) is 0 Å². The number of methoxy groups -OCH3 is 1. The van der Waals surface area contributed by atoms with Gasteiger partial charge in [0.05, 0.1) is 23.1 Å². The lowest BCUT2D eigenvalue weighted by atomic mass is 9.77. The number of ether oxygens (including phenoxy) is 1. The highest BCUT2D eigenvalue weighted by Gasteiger charge is 2.46. The zero-order valence-electron chi connectivity index (χ0n) is 11.2. The van der Waals surface area contributed by atoms with Crippen molar-refractivity contribution in [2.75, 3.05) is 7.11 Å². The smallest absolute Gasteiger partial charge is 0.310 e. The zero-order chi connectivity index (χ0) is 14.3. The van der Waals surface area contributed by atoms with Gasteiger partial charge in [0.2, 0.25) is 0 Å². The van der Waals surface area contributed by atoms with E-state index in [4.69, 9.17) is 27.9 Å². The third-order valence-electron chi connectivity index (χ3n) is 4.53. The Morgan fingerprint density at radius 3 is 2.80 bits per heavy atom. The predicted molar refractivity (Wildman–Crippen MR) is 79.3 cm³/mol. The van der Waals surface area contributed by atoms with Crippen LogP contribution >= 0.6 is 23.2 Å². The average molecular weight is 314 g/mol. The first-order valence-corrected chi connectivity index (χ1v) is 7.64. The van der Waals surface area contributed by atoms with Crippen LogP contribution in [0.3, 0.4) is 0 Å². The molecule has 108 valence electrons. The van der Waals surface area contributed by atoms with Gasteiger partial charge in [-0.1, -0.05) is 29.3 Å². The Kier molecular flexibility index (Phi) is 3.93. The summed E-state index contributed by atoms with van der Waals surface area (Å²) in [7, 11) is 1.45. The molecule has 2 aliphatic rings. The number of benzene rings is 1. The number of hydrogen-bond acceptors (Lipinski definition) is 3. The molecule has 0 aliphatic carbocycles. The lowest BCUT2D eigenvalue weighted by Crippen LogP contribution is -2.48. The lowest BCUT2D eigenvalue weighted by Gasteiger charge is -2.36. The fraction of sp³-hybridized carbons (Fsp3) is 0.533. The monoisotopic (exact) mass is 313 g/mol. The number of esters is 1. The van der Waals surface area contributed by atoms with Gasteiger partial charge >= 0.3 is 5.97 Å². The van der Waals surface area contributed by atoms with Crippen LogP contribution in [0.1, 0.15) is 30.7 Å². The molecule has 1 N–H and O–H groups in total. The van der Waals surface area contributed by atoms with E-state index in [2.05, 4.69) is 5.32 Å². The molecule has 2 saturated heterocycles. The van der Waals surface area contributed by atoms with E-state index >= 15 is 0 Å². The van der Waals surface area contributed by atoms with Crippen molar-refractivity contribution in [2.45, 2.75) is 37.3 Å². The van der Waals surface area contributed by atoms with E-state index in [1.165, 1.54) is 7.11 Å². The second-order valence-corrected chi connectivity index (χ2v) is 6.43. The number of nitrogens with one attached hydrogen (secondary N) is 1. The molecule has 20 heavy (non-hydrogen) atoms. The Morgan fingerprint density at radius 1 is 1.30 bits per heavy atom. The highest BCUT2D eigenvalue weighted by atomic mass is 35.5. The summed E-state index contributed by atoms with van der Waals surface area (Å²) in [5.41, 5.74) is 1.08. The molecule has 0 spiro atoms. The number of piperidine rings is 1. The summed E-state index contributed by atoms with van der Waals surface area (Å²) in [6.07, 6.45) is 3.09. The number of rotatable bonds is 2. The van der Waals surface area contributed by atoms with Crippen LogP contribution in [0.5, 0.6) is 0 Å². The standard InChI is InChI=1S/C15H17Cl2NO2/c1-20-15(19)14-10(7-9-3-5-13(14)18-9)8-2-4-11(16)12(17)6-8/h2,4,6,9-10,13-14,18H,3,5,7H2,1H3/t9?,10-,13?,14+/m1/s1. The van der Waals surface area contributed by atoms with Crippen molar-refractivity contribution in [2.24, 2.45) is 5.92 Å². The van der Waals surface area contributed by atoms with Crippen molar-refractivity contribution < 1.29 is 9.53 Å².